The number of hydrogen-bond donors (Lipinski definition) is 2. The van der Waals surface area contributed by atoms with E-state index in [4.69, 9.17) is 4.74 Å². The molecule has 1 aliphatic carbocycles. The van der Waals surface area contributed by atoms with Crippen LogP contribution in [0.4, 0.5) is 0 Å². The minimum absolute atomic E-state index is 0.0302. The molecule has 1 unspecified atom stereocenters. The summed E-state index contributed by atoms with van der Waals surface area (Å²) in [5, 5.41) is 14.3. The molecule has 0 bridgehead atoms. The normalized spacial score (nSPS) is 35.2. The van der Waals surface area contributed by atoms with Gasteiger partial charge in [0.05, 0.1) is 12.0 Å². The average molecular weight is 366 g/mol. The molecular formula is C21H35NO4. The molecule has 1 amide bonds. The molecule has 0 aromatic rings. The third-order valence-corrected chi connectivity index (χ3v) is 6.61. The number of allylic oxidation sites excluding steroid dienone is 1. The fraction of sp³-hybridized carbons (Fsp3) is 0.810. The van der Waals surface area contributed by atoms with E-state index in [1.165, 1.54) is 0 Å². The van der Waals surface area contributed by atoms with Crippen molar-refractivity contribution in [2.45, 2.75) is 95.8 Å². The summed E-state index contributed by atoms with van der Waals surface area (Å²) >= 11 is 0. The lowest BCUT2D eigenvalue weighted by atomic mass is 9.66. The van der Waals surface area contributed by atoms with Crippen molar-refractivity contribution in [2.24, 2.45) is 11.8 Å². The highest BCUT2D eigenvalue weighted by atomic mass is 16.5. The van der Waals surface area contributed by atoms with Crippen molar-refractivity contribution in [1.82, 2.24) is 5.32 Å². The summed E-state index contributed by atoms with van der Waals surface area (Å²) in [4.78, 5) is 24.2. The van der Waals surface area contributed by atoms with Gasteiger partial charge in [-0.2, -0.15) is 0 Å². The molecule has 2 aliphatic rings. The Bertz CT molecular complexity index is 520. The van der Waals surface area contributed by atoms with Gasteiger partial charge in [0.2, 0.25) is 5.91 Å². The van der Waals surface area contributed by atoms with E-state index < -0.39 is 23.2 Å². The highest BCUT2D eigenvalue weighted by Crippen LogP contribution is 2.47. The molecule has 5 nitrogen and oxygen atoms in total. The molecule has 2 N–H and O–H groups in total. The van der Waals surface area contributed by atoms with E-state index in [0.29, 0.717) is 19.3 Å². The number of carbonyl (C=O) groups excluding carboxylic acids is 2. The molecule has 2 rings (SSSR count). The van der Waals surface area contributed by atoms with E-state index in [9.17, 15) is 14.7 Å². The van der Waals surface area contributed by atoms with Crippen LogP contribution in [-0.4, -0.2) is 34.7 Å². The van der Waals surface area contributed by atoms with Gasteiger partial charge in [0.25, 0.3) is 6.47 Å². The maximum atomic E-state index is 12.9. The lowest BCUT2D eigenvalue weighted by Crippen LogP contribution is -2.66. The van der Waals surface area contributed by atoms with E-state index in [1.54, 1.807) is 0 Å². The predicted octanol–water partition coefficient (Wildman–Crippen LogP) is 3.50. The van der Waals surface area contributed by atoms with Crippen LogP contribution in [0.25, 0.3) is 0 Å². The Balaban J connectivity index is 2.30. The van der Waals surface area contributed by atoms with Gasteiger partial charge in [-0.05, 0) is 39.0 Å². The number of unbranched alkanes of at least 4 members (excludes halogenated alkanes) is 3. The molecule has 5 heteroatoms. The molecule has 0 aromatic carbocycles. The van der Waals surface area contributed by atoms with Crippen molar-refractivity contribution in [3.63, 3.8) is 0 Å². The second-order valence-electron chi connectivity index (χ2n) is 8.00. The summed E-state index contributed by atoms with van der Waals surface area (Å²) in [5.41, 5.74) is -2.00. The summed E-state index contributed by atoms with van der Waals surface area (Å²) in [6, 6.07) is 0. The summed E-state index contributed by atoms with van der Waals surface area (Å²) in [6.07, 6.45) is 11.7. The Morgan fingerprint density at radius 1 is 1.38 bits per heavy atom. The van der Waals surface area contributed by atoms with Crippen LogP contribution in [0.15, 0.2) is 12.2 Å². The summed E-state index contributed by atoms with van der Waals surface area (Å²) in [5.74, 6) is -0.560. The lowest BCUT2D eigenvalue weighted by molar-refractivity contribution is -0.165. The lowest BCUT2D eigenvalue weighted by Gasteiger charge is -2.47. The second-order valence-corrected chi connectivity index (χ2v) is 8.00. The highest BCUT2D eigenvalue weighted by molar-refractivity contribution is 5.85. The predicted molar refractivity (Wildman–Crippen MR) is 101 cm³/mol. The fourth-order valence-corrected chi connectivity index (χ4v) is 4.94. The molecule has 1 aliphatic heterocycles. The van der Waals surface area contributed by atoms with Gasteiger partial charge in [-0.1, -0.05) is 51.7 Å². The van der Waals surface area contributed by atoms with E-state index in [0.717, 1.165) is 44.9 Å². The van der Waals surface area contributed by atoms with Crippen molar-refractivity contribution in [3.8, 4) is 0 Å². The van der Waals surface area contributed by atoms with Crippen molar-refractivity contribution in [1.29, 1.82) is 0 Å². The molecule has 1 fully saturated rings. The van der Waals surface area contributed by atoms with Crippen molar-refractivity contribution >= 4 is 12.4 Å². The summed E-state index contributed by atoms with van der Waals surface area (Å²) in [6.45, 7) is 6.36. The Morgan fingerprint density at radius 2 is 2.15 bits per heavy atom. The fourth-order valence-electron chi connectivity index (χ4n) is 4.94. The Kier molecular flexibility index (Phi) is 7.27. The van der Waals surface area contributed by atoms with Crippen molar-refractivity contribution in [3.05, 3.63) is 12.2 Å². The highest BCUT2D eigenvalue weighted by Gasteiger charge is 2.66. The van der Waals surface area contributed by atoms with Crippen LogP contribution < -0.4 is 5.32 Å². The number of amides is 1. The Hall–Kier alpha value is -1.36. The van der Waals surface area contributed by atoms with Crippen LogP contribution in [0.2, 0.25) is 0 Å². The molecule has 0 aromatic heterocycles. The number of aliphatic hydroxyl groups excluding tert-OH is 1. The van der Waals surface area contributed by atoms with Crippen LogP contribution >= 0.6 is 0 Å². The largest absolute Gasteiger partial charge is 0.458 e. The third-order valence-electron chi connectivity index (χ3n) is 6.61. The Labute approximate surface area is 157 Å². The molecular weight excluding hydrogens is 330 g/mol. The van der Waals surface area contributed by atoms with Gasteiger partial charge in [0.1, 0.15) is 11.1 Å². The van der Waals surface area contributed by atoms with Gasteiger partial charge in [-0.3, -0.25) is 9.59 Å². The monoisotopic (exact) mass is 365 g/mol. The first-order valence-corrected chi connectivity index (χ1v) is 10.2. The molecule has 26 heavy (non-hydrogen) atoms. The standard InChI is InChI=1S/C21H35NO4/c1-4-6-7-11-14-17-19(25)22-21(5-2,20(17,3)26-15-23)18(24)16-12-9-8-10-13-16/h9,12,15-18,24H,4-8,10-11,13-14H2,1-3H3,(H,22,25)/t16-,17+,18?,20+,21-/m1/s1. The minimum Gasteiger partial charge on any atom is -0.458 e. The first kappa shape index (κ1) is 20.9. The topological polar surface area (TPSA) is 75.6 Å². The summed E-state index contributed by atoms with van der Waals surface area (Å²) < 4.78 is 5.60. The van der Waals surface area contributed by atoms with E-state index in [2.05, 4.69) is 18.3 Å². The zero-order chi connectivity index (χ0) is 19.2. The molecule has 0 radical (unpaired) electrons. The molecule has 1 heterocycles. The number of carbonyl (C=O) groups is 2. The number of ether oxygens (including phenoxy) is 1. The molecule has 148 valence electrons. The van der Waals surface area contributed by atoms with E-state index >= 15 is 0 Å². The SMILES string of the molecule is CCCCCC[C@H]1C(=O)N[C@](CC)(C(O)[C@@H]2C=CCCC2)[C@@]1(C)OC=O. The van der Waals surface area contributed by atoms with Gasteiger partial charge in [0.15, 0.2) is 0 Å². The molecule has 1 saturated heterocycles. The van der Waals surface area contributed by atoms with Crippen LogP contribution in [0.3, 0.4) is 0 Å². The smallest absolute Gasteiger partial charge is 0.293 e. The number of rotatable bonds is 10. The zero-order valence-electron chi connectivity index (χ0n) is 16.5. The van der Waals surface area contributed by atoms with Gasteiger partial charge < -0.3 is 15.2 Å². The van der Waals surface area contributed by atoms with Crippen molar-refractivity contribution in [2.75, 3.05) is 0 Å². The average Bonchev–Trinajstić information content (AvgIpc) is 2.86. The van der Waals surface area contributed by atoms with Gasteiger partial charge in [-0.25, -0.2) is 0 Å². The van der Waals surface area contributed by atoms with E-state index in [1.807, 2.05) is 19.9 Å². The zero-order valence-corrected chi connectivity index (χ0v) is 16.5. The number of nitrogens with one attached hydrogen (secondary N) is 1. The molecule has 0 spiro atoms. The minimum atomic E-state index is -1.04. The molecule has 0 saturated carbocycles. The molecule has 5 atom stereocenters. The Morgan fingerprint density at radius 3 is 2.73 bits per heavy atom. The van der Waals surface area contributed by atoms with Crippen molar-refractivity contribution < 1.29 is 19.4 Å². The quantitative estimate of drug-likeness (QED) is 0.353. The third kappa shape index (κ3) is 3.68. The maximum absolute atomic E-state index is 12.9. The first-order valence-electron chi connectivity index (χ1n) is 10.2. The second kappa shape index (κ2) is 9.03. The van der Waals surface area contributed by atoms with E-state index in [-0.39, 0.29) is 11.8 Å². The maximum Gasteiger partial charge on any atom is 0.293 e. The van der Waals surface area contributed by atoms with Crippen LogP contribution in [0, 0.1) is 11.8 Å². The van der Waals surface area contributed by atoms with Gasteiger partial charge in [-0.15, -0.1) is 0 Å². The summed E-state index contributed by atoms with van der Waals surface area (Å²) in [7, 11) is 0. The number of hydrogen-bond acceptors (Lipinski definition) is 4. The van der Waals surface area contributed by atoms with Gasteiger partial charge in [0, 0.05) is 5.92 Å². The van der Waals surface area contributed by atoms with Crippen LogP contribution in [-0.2, 0) is 14.3 Å². The van der Waals surface area contributed by atoms with Gasteiger partial charge >= 0.3 is 0 Å². The van der Waals surface area contributed by atoms with Crippen LogP contribution in [0.1, 0.15) is 78.6 Å². The first-order chi connectivity index (χ1) is 12.5. The van der Waals surface area contributed by atoms with Crippen LogP contribution in [0.5, 0.6) is 0 Å². The number of aliphatic hydroxyl groups is 1.